The van der Waals surface area contributed by atoms with Gasteiger partial charge in [-0.3, -0.25) is 10.0 Å². The van der Waals surface area contributed by atoms with Crippen molar-refractivity contribution in [3.05, 3.63) is 16.3 Å². The Balaban J connectivity index is 2.84. The fourth-order valence-electron chi connectivity index (χ4n) is 1.72. The molecule has 0 aliphatic heterocycles. The van der Waals surface area contributed by atoms with Crippen molar-refractivity contribution in [2.75, 3.05) is 7.11 Å². The molecule has 0 bridgehead atoms. The van der Waals surface area contributed by atoms with Crippen molar-refractivity contribution in [2.45, 2.75) is 26.2 Å². The molecule has 4 nitrogen and oxygen atoms in total. The third kappa shape index (κ3) is 2.74. The number of hydroxylamine groups is 1. The Hall–Kier alpha value is -1.07. The molecule has 16 heavy (non-hydrogen) atoms. The third-order valence-corrected chi connectivity index (χ3v) is 3.81. The highest BCUT2D eigenvalue weighted by atomic mass is 32.1. The number of hydrogen-bond donors (Lipinski definition) is 2. The molecule has 1 amide bonds. The van der Waals surface area contributed by atoms with Gasteiger partial charge in [-0.2, -0.15) is 0 Å². The van der Waals surface area contributed by atoms with Gasteiger partial charge in [-0.1, -0.05) is 13.8 Å². The molecule has 2 atom stereocenters. The molecule has 0 aliphatic carbocycles. The lowest BCUT2D eigenvalue weighted by Gasteiger charge is -2.19. The number of rotatable bonds is 5. The van der Waals surface area contributed by atoms with Crippen molar-refractivity contribution in [2.24, 2.45) is 5.92 Å². The van der Waals surface area contributed by atoms with Gasteiger partial charge in [0.2, 0.25) is 5.91 Å². The van der Waals surface area contributed by atoms with Gasteiger partial charge < -0.3 is 4.74 Å². The van der Waals surface area contributed by atoms with Gasteiger partial charge in [0.05, 0.1) is 7.11 Å². The van der Waals surface area contributed by atoms with Crippen LogP contribution in [0, 0.1) is 5.92 Å². The summed E-state index contributed by atoms with van der Waals surface area (Å²) in [5.74, 6) is 0.327. The first kappa shape index (κ1) is 13.0. The van der Waals surface area contributed by atoms with Crippen molar-refractivity contribution in [3.63, 3.8) is 0 Å². The minimum absolute atomic E-state index is 0.112. The molecule has 5 heteroatoms. The minimum Gasteiger partial charge on any atom is -0.496 e. The second kappa shape index (κ2) is 5.86. The molecule has 90 valence electrons. The molecule has 0 saturated heterocycles. The van der Waals surface area contributed by atoms with E-state index in [0.717, 1.165) is 17.0 Å². The maximum atomic E-state index is 11.4. The van der Waals surface area contributed by atoms with Gasteiger partial charge in [-0.15, -0.1) is 11.3 Å². The number of methoxy groups -OCH3 is 1. The van der Waals surface area contributed by atoms with Gasteiger partial charge in [0.1, 0.15) is 5.75 Å². The van der Waals surface area contributed by atoms with E-state index in [1.165, 1.54) is 0 Å². The predicted octanol–water partition coefficient (Wildman–Crippen LogP) is 2.39. The predicted molar refractivity (Wildman–Crippen MR) is 63.0 cm³/mol. The number of carbonyl (C=O) groups is 1. The van der Waals surface area contributed by atoms with Crippen LogP contribution in [0.4, 0.5) is 0 Å². The second-order valence-electron chi connectivity index (χ2n) is 3.67. The molecule has 0 radical (unpaired) electrons. The Morgan fingerprint density at radius 2 is 2.38 bits per heavy atom. The van der Waals surface area contributed by atoms with Crippen LogP contribution in [0.2, 0.25) is 0 Å². The molecule has 0 saturated carbocycles. The highest BCUT2D eigenvalue weighted by Crippen LogP contribution is 2.35. The number of amides is 1. The quantitative estimate of drug-likeness (QED) is 0.616. The Bertz CT molecular complexity index is 351. The molecule has 0 spiro atoms. The molecule has 2 unspecified atom stereocenters. The van der Waals surface area contributed by atoms with E-state index >= 15 is 0 Å². The summed E-state index contributed by atoms with van der Waals surface area (Å²) >= 11 is 1.58. The summed E-state index contributed by atoms with van der Waals surface area (Å²) in [6.45, 7) is 3.84. The minimum atomic E-state index is -0.348. The number of hydrogen-bond acceptors (Lipinski definition) is 4. The van der Waals surface area contributed by atoms with Crippen LogP contribution in [0.1, 0.15) is 31.1 Å². The van der Waals surface area contributed by atoms with Gasteiger partial charge in [-0.25, -0.2) is 5.48 Å². The maximum absolute atomic E-state index is 11.4. The van der Waals surface area contributed by atoms with Crippen LogP contribution < -0.4 is 10.2 Å². The largest absolute Gasteiger partial charge is 0.496 e. The summed E-state index contributed by atoms with van der Waals surface area (Å²) in [7, 11) is 1.62. The summed E-state index contributed by atoms with van der Waals surface area (Å²) in [5.41, 5.74) is 1.70. The highest BCUT2D eigenvalue weighted by Gasteiger charge is 2.25. The van der Waals surface area contributed by atoms with E-state index in [1.807, 2.05) is 25.3 Å². The number of nitrogens with one attached hydrogen (secondary N) is 1. The van der Waals surface area contributed by atoms with Gasteiger partial charge in [0, 0.05) is 22.1 Å². The van der Waals surface area contributed by atoms with Crippen LogP contribution in [0.5, 0.6) is 5.75 Å². The Morgan fingerprint density at radius 3 is 2.81 bits per heavy atom. The number of carbonyl (C=O) groups excluding carboxylic acids is 1. The molecule has 2 N–H and O–H groups in total. The van der Waals surface area contributed by atoms with Crippen molar-refractivity contribution in [3.8, 4) is 5.75 Å². The fourth-order valence-corrected chi connectivity index (χ4v) is 2.87. The van der Waals surface area contributed by atoms with E-state index in [0.29, 0.717) is 0 Å². The molecule has 0 fully saturated rings. The average molecular weight is 243 g/mol. The van der Waals surface area contributed by atoms with Gasteiger partial charge in [-0.05, 0) is 12.5 Å². The van der Waals surface area contributed by atoms with Crippen molar-refractivity contribution >= 4 is 17.2 Å². The molecular weight excluding hydrogens is 226 g/mol. The van der Waals surface area contributed by atoms with Gasteiger partial charge >= 0.3 is 0 Å². The molecule has 0 aromatic carbocycles. The monoisotopic (exact) mass is 243 g/mol. The maximum Gasteiger partial charge on any atom is 0.246 e. The first-order chi connectivity index (χ1) is 7.63. The zero-order valence-corrected chi connectivity index (χ0v) is 10.5. The van der Waals surface area contributed by atoms with Crippen LogP contribution in [0.3, 0.4) is 0 Å². The van der Waals surface area contributed by atoms with Gasteiger partial charge in [0.15, 0.2) is 0 Å². The smallest absolute Gasteiger partial charge is 0.246 e. The second-order valence-corrected chi connectivity index (χ2v) is 4.61. The summed E-state index contributed by atoms with van der Waals surface area (Å²) < 4.78 is 5.12. The van der Waals surface area contributed by atoms with E-state index in [4.69, 9.17) is 9.94 Å². The highest BCUT2D eigenvalue weighted by molar-refractivity contribution is 7.10. The lowest BCUT2D eigenvalue weighted by atomic mass is 9.89. The summed E-state index contributed by atoms with van der Waals surface area (Å²) in [6, 6.07) is 1.94. The summed E-state index contributed by atoms with van der Waals surface area (Å²) in [5, 5.41) is 10.5. The van der Waals surface area contributed by atoms with Crippen LogP contribution in [-0.2, 0) is 4.79 Å². The van der Waals surface area contributed by atoms with E-state index in [-0.39, 0.29) is 17.7 Å². The molecule has 1 aromatic rings. The molecule has 1 aromatic heterocycles. The summed E-state index contributed by atoms with van der Waals surface area (Å²) in [6.07, 6.45) is 0.845. The van der Waals surface area contributed by atoms with Crippen LogP contribution >= 0.6 is 11.3 Å². The number of ether oxygens (including phenoxy) is 1. The van der Waals surface area contributed by atoms with Gasteiger partial charge in [0.25, 0.3) is 0 Å². The SMILES string of the molecule is CCC(c1cc(OC)cs1)C(C)C(=O)NO. The van der Waals surface area contributed by atoms with Crippen LogP contribution in [0.15, 0.2) is 11.4 Å². The lowest BCUT2D eigenvalue weighted by Crippen LogP contribution is -2.29. The van der Waals surface area contributed by atoms with E-state index in [1.54, 1.807) is 23.9 Å². The Kier molecular flexibility index (Phi) is 4.76. The first-order valence-electron chi connectivity index (χ1n) is 5.20. The third-order valence-electron chi connectivity index (χ3n) is 2.76. The van der Waals surface area contributed by atoms with Crippen LogP contribution in [0.25, 0.3) is 0 Å². The number of thiophene rings is 1. The Labute approximate surface area is 99.2 Å². The molecule has 1 heterocycles. The Morgan fingerprint density at radius 1 is 1.69 bits per heavy atom. The molecular formula is C11H17NO3S. The van der Waals surface area contributed by atoms with Crippen molar-refractivity contribution in [1.82, 2.24) is 5.48 Å². The van der Waals surface area contributed by atoms with Crippen molar-refractivity contribution < 1.29 is 14.7 Å². The zero-order valence-electron chi connectivity index (χ0n) is 9.69. The summed E-state index contributed by atoms with van der Waals surface area (Å²) in [4.78, 5) is 12.5. The lowest BCUT2D eigenvalue weighted by molar-refractivity contribution is -0.133. The van der Waals surface area contributed by atoms with Crippen LogP contribution in [-0.4, -0.2) is 18.2 Å². The average Bonchev–Trinajstić information content (AvgIpc) is 2.77. The van der Waals surface area contributed by atoms with E-state index in [9.17, 15) is 4.79 Å². The fraction of sp³-hybridized carbons (Fsp3) is 0.545. The van der Waals surface area contributed by atoms with E-state index in [2.05, 4.69) is 0 Å². The zero-order chi connectivity index (χ0) is 12.1. The normalized spacial score (nSPS) is 14.2. The first-order valence-corrected chi connectivity index (χ1v) is 6.08. The molecule has 0 aliphatic rings. The standard InChI is InChI=1S/C11H17NO3S/c1-4-9(7(2)11(13)12-14)10-5-8(15-3)6-16-10/h5-7,9,14H,4H2,1-3H3,(H,12,13). The van der Waals surface area contributed by atoms with Crippen molar-refractivity contribution in [1.29, 1.82) is 0 Å². The van der Waals surface area contributed by atoms with E-state index < -0.39 is 0 Å². The topological polar surface area (TPSA) is 58.6 Å². The molecule has 1 rings (SSSR count).